The van der Waals surface area contributed by atoms with Crippen LogP contribution >= 0.6 is 12.4 Å². The van der Waals surface area contributed by atoms with E-state index in [4.69, 9.17) is 33.2 Å². The van der Waals surface area contributed by atoms with Gasteiger partial charge in [-0.15, -0.1) is 12.4 Å². The zero-order valence-corrected chi connectivity index (χ0v) is 44.0. The van der Waals surface area contributed by atoms with Crippen molar-refractivity contribution in [1.29, 1.82) is 0 Å². The van der Waals surface area contributed by atoms with Crippen LogP contribution < -0.4 is 43.8 Å². The van der Waals surface area contributed by atoms with Crippen LogP contribution in [0.25, 0.3) is 0 Å². The summed E-state index contributed by atoms with van der Waals surface area (Å²) in [6, 6.07) is 18.7. The quantitative estimate of drug-likeness (QED) is 0.119. The summed E-state index contributed by atoms with van der Waals surface area (Å²) < 4.78 is 39.2. The summed E-state index contributed by atoms with van der Waals surface area (Å²) in [6.45, 7) is 11.2. The third-order valence-electron chi connectivity index (χ3n) is 17.1. The number of aromatic hydroxyl groups is 1. The molecule has 4 aromatic rings. The Morgan fingerprint density at radius 1 is 0.457 bits per heavy atom. The average Bonchev–Trinajstić information content (AvgIpc) is 3.39. The molecule has 13 heteroatoms. The van der Waals surface area contributed by atoms with E-state index in [-0.39, 0.29) is 24.2 Å². The fraction of sp³-hybridized carbons (Fsp3) is 0.579. The lowest BCUT2D eigenvalue weighted by Gasteiger charge is -2.48. The van der Waals surface area contributed by atoms with Crippen LogP contribution in [-0.4, -0.2) is 104 Å². The Balaban J connectivity index is 0.000000186. The van der Waals surface area contributed by atoms with Crippen LogP contribution in [0.4, 0.5) is 0 Å². The van der Waals surface area contributed by atoms with Crippen molar-refractivity contribution >= 4 is 12.4 Å². The van der Waals surface area contributed by atoms with Crippen LogP contribution in [-0.2, 0) is 25.7 Å². The summed E-state index contributed by atoms with van der Waals surface area (Å²) >= 11 is 0. The molecule has 4 aromatic carbocycles. The number of nitrogens with one attached hydrogen (secondary N) is 2. The molecule has 6 aliphatic heterocycles. The SMILES string of the molecule is CC[C@H]1CN2CCc3cc(OC)c(OC)cc3[C@@H]2C[C@@H]1C[C@H]1NCCc2cc(O)c(OC)cc21.CC[C@H]1CN2CCc3cc(OC)c(OC)cc3[C@@H]2C[C@@H]1C[C@H]1NCCc2cc(OC)c(OC)cc21.Cl. The van der Waals surface area contributed by atoms with E-state index in [0.29, 0.717) is 47.5 Å². The van der Waals surface area contributed by atoms with Crippen molar-refractivity contribution in [3.05, 3.63) is 93.0 Å². The van der Waals surface area contributed by atoms with E-state index in [1.54, 1.807) is 49.8 Å². The van der Waals surface area contributed by atoms with Gasteiger partial charge in [0.25, 0.3) is 0 Å². The zero-order valence-electron chi connectivity index (χ0n) is 43.2. The van der Waals surface area contributed by atoms with Crippen molar-refractivity contribution in [2.45, 2.75) is 102 Å². The first kappa shape index (κ1) is 51.8. The largest absolute Gasteiger partial charge is 0.504 e. The van der Waals surface area contributed by atoms with Gasteiger partial charge in [0, 0.05) is 50.3 Å². The summed E-state index contributed by atoms with van der Waals surface area (Å²) in [5, 5.41) is 17.9. The highest BCUT2D eigenvalue weighted by Gasteiger charge is 2.42. The minimum atomic E-state index is 0. The van der Waals surface area contributed by atoms with Crippen LogP contribution in [0.5, 0.6) is 46.0 Å². The molecule has 0 saturated carbocycles. The number of nitrogens with zero attached hydrogens (tertiary/aromatic N) is 2. The Hall–Kier alpha value is -4.59. The minimum absolute atomic E-state index is 0. The van der Waals surface area contributed by atoms with E-state index in [2.05, 4.69) is 70.7 Å². The molecule has 0 amide bonds. The highest BCUT2D eigenvalue weighted by molar-refractivity contribution is 5.85. The summed E-state index contributed by atoms with van der Waals surface area (Å²) in [4.78, 5) is 5.41. The molecule has 2 fully saturated rings. The molecule has 0 unspecified atom stereocenters. The fourth-order valence-electron chi connectivity index (χ4n) is 13.3. The summed E-state index contributed by atoms with van der Waals surface area (Å²) in [5.41, 5.74) is 10.9. The van der Waals surface area contributed by atoms with Crippen LogP contribution in [0.2, 0.25) is 0 Å². The number of fused-ring (bicyclic) bond motifs is 8. The summed E-state index contributed by atoms with van der Waals surface area (Å²) in [5.74, 6) is 8.45. The van der Waals surface area contributed by atoms with Gasteiger partial charge in [-0.1, -0.05) is 26.7 Å². The van der Waals surface area contributed by atoms with Crippen molar-refractivity contribution in [1.82, 2.24) is 20.4 Å². The maximum absolute atomic E-state index is 10.3. The minimum Gasteiger partial charge on any atom is -0.504 e. The normalized spacial score (nSPS) is 25.6. The summed E-state index contributed by atoms with van der Waals surface area (Å²) in [6.07, 6.45) is 11.1. The predicted octanol–water partition coefficient (Wildman–Crippen LogP) is 10.0. The molecule has 382 valence electrons. The first-order valence-electron chi connectivity index (χ1n) is 25.7. The lowest BCUT2D eigenvalue weighted by atomic mass is 9.72. The monoisotopic (exact) mass is 983 g/mol. The number of phenolic OH excluding ortho intramolecular Hbond substituents is 1. The van der Waals surface area contributed by atoms with E-state index in [1.165, 1.54) is 70.3 Å². The maximum atomic E-state index is 10.3. The number of ether oxygens (including phenoxy) is 7. The van der Waals surface area contributed by atoms with E-state index in [0.717, 1.165) is 112 Å². The van der Waals surface area contributed by atoms with Crippen LogP contribution in [0.1, 0.15) is 121 Å². The third-order valence-corrected chi connectivity index (χ3v) is 17.1. The molecule has 0 aromatic heterocycles. The average molecular weight is 984 g/mol. The van der Waals surface area contributed by atoms with Gasteiger partial charge >= 0.3 is 0 Å². The number of hydrogen-bond acceptors (Lipinski definition) is 12. The fourth-order valence-corrected chi connectivity index (χ4v) is 13.3. The standard InChI is InChI=1S/C29H40N2O4.C28H38N2O4.ClH/c1-6-18-17-31-10-8-20-14-27(33-3)29(35-5)16-23(20)25(31)12-21(18)11-24-22-15-28(34-4)26(32-2)13-19(22)7-9-30-24;1-5-17-16-30-9-7-19-13-27(33-3)28(34-4)15-22(19)24(30)11-20(17)10-23-21-14-26(32-2)25(31)12-18(21)6-8-29-23;/h13-16,18,21,24-25,30H,6-12,17H2,1-5H3;12-15,17,20,23-24,29,31H,5-11,16H2,1-4H3;1H/t18-,21-,24+,25-;17-,20-,23+,24-;/m00./s1. The summed E-state index contributed by atoms with van der Waals surface area (Å²) in [7, 11) is 12.0. The maximum Gasteiger partial charge on any atom is 0.161 e. The first-order valence-corrected chi connectivity index (χ1v) is 25.7. The zero-order chi connectivity index (χ0) is 48.3. The van der Waals surface area contributed by atoms with Gasteiger partial charge < -0.3 is 48.9 Å². The Bertz CT molecular complexity index is 2430. The van der Waals surface area contributed by atoms with E-state index >= 15 is 0 Å². The molecule has 6 aliphatic rings. The molecule has 10 rings (SSSR count). The number of halogens is 1. The molecular weight excluding hydrogens is 904 g/mol. The Morgan fingerprint density at radius 3 is 1.19 bits per heavy atom. The number of benzene rings is 4. The van der Waals surface area contributed by atoms with Gasteiger partial charge in [0.05, 0.1) is 49.8 Å². The second kappa shape index (κ2) is 22.9. The Morgan fingerprint density at radius 2 is 0.800 bits per heavy atom. The van der Waals surface area contributed by atoms with Gasteiger partial charge in [-0.2, -0.15) is 0 Å². The molecule has 12 nitrogen and oxygen atoms in total. The highest BCUT2D eigenvalue weighted by Crippen LogP contribution is 2.50. The van der Waals surface area contributed by atoms with Gasteiger partial charge in [0.15, 0.2) is 46.0 Å². The smallest absolute Gasteiger partial charge is 0.161 e. The molecule has 70 heavy (non-hydrogen) atoms. The van der Waals surface area contributed by atoms with Crippen molar-refractivity contribution in [3.63, 3.8) is 0 Å². The van der Waals surface area contributed by atoms with Crippen molar-refractivity contribution in [2.75, 3.05) is 89.0 Å². The van der Waals surface area contributed by atoms with Crippen LogP contribution in [0.15, 0.2) is 48.5 Å². The Kier molecular flexibility index (Phi) is 16.9. The molecular formula is C57H79ClN4O8. The third kappa shape index (κ3) is 10.2. The Labute approximate surface area is 423 Å². The second-order valence-electron chi connectivity index (χ2n) is 20.3. The molecule has 8 atom stereocenters. The molecule has 3 N–H and O–H groups in total. The van der Waals surface area contributed by atoms with Gasteiger partial charge in [-0.05, 0) is 181 Å². The van der Waals surface area contributed by atoms with Gasteiger partial charge in [0.2, 0.25) is 0 Å². The van der Waals surface area contributed by atoms with Crippen molar-refractivity contribution < 1.29 is 38.3 Å². The molecule has 0 radical (unpaired) electrons. The van der Waals surface area contributed by atoms with Gasteiger partial charge in [-0.25, -0.2) is 0 Å². The number of phenols is 1. The number of methoxy groups -OCH3 is 7. The van der Waals surface area contributed by atoms with Crippen LogP contribution in [0.3, 0.4) is 0 Å². The topological polar surface area (TPSA) is 115 Å². The van der Waals surface area contributed by atoms with Crippen molar-refractivity contribution in [2.24, 2.45) is 23.7 Å². The molecule has 0 bridgehead atoms. The van der Waals surface area contributed by atoms with Gasteiger partial charge in [0.1, 0.15) is 0 Å². The lowest BCUT2D eigenvalue weighted by molar-refractivity contribution is 0.0434. The van der Waals surface area contributed by atoms with Crippen LogP contribution in [0, 0.1) is 23.7 Å². The highest BCUT2D eigenvalue weighted by atomic mass is 35.5. The molecule has 6 heterocycles. The van der Waals surface area contributed by atoms with E-state index in [9.17, 15) is 5.11 Å². The number of hydrogen-bond donors (Lipinski definition) is 3. The van der Waals surface area contributed by atoms with E-state index in [1.807, 2.05) is 12.1 Å². The molecule has 0 spiro atoms. The lowest BCUT2D eigenvalue weighted by Crippen LogP contribution is -2.46. The molecule has 2 saturated heterocycles. The molecule has 0 aliphatic carbocycles. The first-order chi connectivity index (χ1) is 33.6. The van der Waals surface area contributed by atoms with Crippen molar-refractivity contribution in [3.8, 4) is 46.0 Å². The number of rotatable bonds is 13. The number of piperidine rings is 2. The van der Waals surface area contributed by atoms with E-state index < -0.39 is 0 Å². The van der Waals surface area contributed by atoms with Gasteiger partial charge in [-0.3, -0.25) is 9.80 Å². The predicted molar refractivity (Wildman–Crippen MR) is 278 cm³/mol. The second-order valence-corrected chi connectivity index (χ2v) is 20.3.